The first-order chi connectivity index (χ1) is 16.5. The van der Waals surface area contributed by atoms with Crippen molar-refractivity contribution in [2.75, 3.05) is 43.1 Å². The summed E-state index contributed by atoms with van der Waals surface area (Å²) in [6, 6.07) is 11.5. The van der Waals surface area contributed by atoms with Gasteiger partial charge in [0.2, 0.25) is 5.91 Å². The molecule has 0 aliphatic heterocycles. The molecule has 0 spiro atoms. The number of halogens is 1. The largest absolute Gasteiger partial charge is 0.302 e. The van der Waals surface area contributed by atoms with Crippen LogP contribution in [0.25, 0.3) is 10.2 Å². The number of aromatic nitrogens is 1. The quantitative estimate of drug-likeness (QED) is 0.342. The Balaban J connectivity index is 0.00000456. The zero-order valence-corrected chi connectivity index (χ0v) is 24.1. The van der Waals surface area contributed by atoms with Crippen molar-refractivity contribution in [2.24, 2.45) is 0 Å². The lowest BCUT2D eigenvalue weighted by atomic mass is 10.2. The predicted octanol–water partition coefficient (Wildman–Crippen LogP) is 3.97. The monoisotopic (exact) mass is 573 g/mol. The molecule has 0 bridgehead atoms. The zero-order valence-electron chi connectivity index (χ0n) is 20.8. The highest BCUT2D eigenvalue weighted by atomic mass is 35.5. The predicted molar refractivity (Wildman–Crippen MR) is 148 cm³/mol. The van der Waals surface area contributed by atoms with Gasteiger partial charge in [0, 0.05) is 25.8 Å². The Morgan fingerprint density at radius 1 is 0.972 bits per heavy atom. The van der Waals surface area contributed by atoms with E-state index in [0.29, 0.717) is 28.4 Å². The fraction of sp³-hybridized carbons (Fsp3) is 0.417. The number of hydrogen-bond acceptors (Lipinski definition) is 8. The van der Waals surface area contributed by atoms with Gasteiger partial charge in [-0.2, -0.15) is 0 Å². The number of fused-ring (bicyclic) bond motifs is 1. The summed E-state index contributed by atoms with van der Waals surface area (Å²) in [4.78, 5) is 21.8. The van der Waals surface area contributed by atoms with Gasteiger partial charge >= 0.3 is 0 Å². The molecule has 0 fully saturated rings. The molecule has 0 radical (unpaired) electrons. The number of para-hydroxylation sites is 1. The normalized spacial score (nSPS) is 12.0. The molecule has 0 unspecified atom stereocenters. The molecule has 0 atom stereocenters. The molecule has 0 aliphatic carbocycles. The summed E-state index contributed by atoms with van der Waals surface area (Å²) < 4.78 is 50.7. The van der Waals surface area contributed by atoms with E-state index in [1.807, 2.05) is 20.8 Å². The van der Waals surface area contributed by atoms with Gasteiger partial charge in [0.15, 0.2) is 24.8 Å². The third kappa shape index (κ3) is 7.25. The Morgan fingerprint density at radius 2 is 1.61 bits per heavy atom. The lowest BCUT2D eigenvalue weighted by Crippen LogP contribution is -2.39. The van der Waals surface area contributed by atoms with Gasteiger partial charge in [-0.05, 0) is 44.3 Å². The van der Waals surface area contributed by atoms with Crippen molar-refractivity contribution in [1.82, 2.24) is 9.88 Å². The standard InChI is InChI=1S/C24H31N3O5S3.ClH/c1-5-26(6-2)15-16-27(22(28)14-17-35(31,32)19-12-10-18(3)11-13-19)24-25-23-20(33-24)8-7-9-21(23)34(4,29)30;/h7-13H,5-6,14-17H2,1-4H3;1H. The Morgan fingerprint density at radius 3 is 2.19 bits per heavy atom. The number of likely N-dealkylation sites (N-methyl/N-ethyl adjacent to an activating group) is 1. The molecule has 0 saturated heterocycles. The maximum Gasteiger partial charge on any atom is 0.229 e. The second-order valence-electron chi connectivity index (χ2n) is 8.33. The molecule has 36 heavy (non-hydrogen) atoms. The van der Waals surface area contributed by atoms with Crippen molar-refractivity contribution < 1.29 is 21.6 Å². The van der Waals surface area contributed by atoms with Crippen LogP contribution in [0.15, 0.2) is 52.3 Å². The van der Waals surface area contributed by atoms with E-state index in [4.69, 9.17) is 0 Å². The minimum absolute atomic E-state index is 0. The Kier molecular flexibility index (Phi) is 10.4. The van der Waals surface area contributed by atoms with Crippen LogP contribution < -0.4 is 4.90 Å². The van der Waals surface area contributed by atoms with Gasteiger partial charge in [-0.15, -0.1) is 12.4 Å². The molecule has 3 aromatic rings. The molecular formula is C24H32ClN3O5S3. The van der Waals surface area contributed by atoms with Crippen molar-refractivity contribution in [3.05, 3.63) is 48.0 Å². The van der Waals surface area contributed by atoms with Crippen LogP contribution in [0.4, 0.5) is 5.13 Å². The summed E-state index contributed by atoms with van der Waals surface area (Å²) in [5, 5.41) is 0.362. The minimum Gasteiger partial charge on any atom is -0.302 e. The molecule has 0 saturated carbocycles. The van der Waals surface area contributed by atoms with Gasteiger partial charge in [0.25, 0.3) is 0 Å². The first-order valence-electron chi connectivity index (χ1n) is 11.4. The van der Waals surface area contributed by atoms with Gasteiger partial charge in [-0.3, -0.25) is 9.69 Å². The topological polar surface area (TPSA) is 105 Å². The van der Waals surface area contributed by atoms with Gasteiger partial charge in [-0.25, -0.2) is 21.8 Å². The average molecular weight is 574 g/mol. The van der Waals surface area contributed by atoms with Crippen LogP contribution in [-0.4, -0.2) is 70.8 Å². The summed E-state index contributed by atoms with van der Waals surface area (Å²) in [5.41, 5.74) is 1.27. The van der Waals surface area contributed by atoms with Crippen LogP contribution in [0.1, 0.15) is 25.8 Å². The summed E-state index contributed by atoms with van der Waals surface area (Å²) in [6.45, 7) is 8.44. The van der Waals surface area contributed by atoms with Gasteiger partial charge in [0.1, 0.15) is 5.52 Å². The van der Waals surface area contributed by atoms with Gasteiger partial charge in [0.05, 0.1) is 20.2 Å². The number of carbonyl (C=O) groups is 1. The van der Waals surface area contributed by atoms with Crippen LogP contribution in [0, 0.1) is 6.92 Å². The number of aryl methyl sites for hydroxylation is 1. The Labute approximate surface area is 223 Å². The van der Waals surface area contributed by atoms with Crippen LogP contribution in [0.5, 0.6) is 0 Å². The molecule has 2 aromatic carbocycles. The van der Waals surface area contributed by atoms with E-state index in [1.165, 1.54) is 22.3 Å². The zero-order chi connectivity index (χ0) is 25.8. The maximum absolute atomic E-state index is 13.3. The second-order valence-corrected chi connectivity index (χ2v) is 13.4. The Bertz CT molecular complexity index is 1400. The lowest BCUT2D eigenvalue weighted by molar-refractivity contribution is -0.118. The number of nitrogens with zero attached hydrogens (tertiary/aromatic N) is 3. The van der Waals surface area contributed by atoms with E-state index in [0.717, 1.165) is 24.9 Å². The molecule has 1 heterocycles. The molecular weight excluding hydrogens is 542 g/mol. The fourth-order valence-corrected chi connectivity index (χ4v) is 6.82. The molecule has 8 nitrogen and oxygen atoms in total. The highest BCUT2D eigenvalue weighted by molar-refractivity contribution is 7.91. The number of carbonyl (C=O) groups excluding carboxylic acids is 1. The van der Waals surface area contributed by atoms with Gasteiger partial charge in [-0.1, -0.05) is 48.9 Å². The average Bonchev–Trinajstić information content (AvgIpc) is 3.24. The smallest absolute Gasteiger partial charge is 0.229 e. The molecule has 198 valence electrons. The van der Waals surface area contributed by atoms with Crippen LogP contribution in [0.3, 0.4) is 0 Å². The van der Waals surface area contributed by atoms with E-state index in [1.54, 1.807) is 36.4 Å². The van der Waals surface area contributed by atoms with Crippen LogP contribution >= 0.6 is 23.7 Å². The number of hydrogen-bond donors (Lipinski definition) is 0. The molecule has 1 amide bonds. The summed E-state index contributed by atoms with van der Waals surface area (Å²) in [5.74, 6) is -0.691. The lowest BCUT2D eigenvalue weighted by Gasteiger charge is -2.24. The van der Waals surface area contributed by atoms with E-state index >= 15 is 0 Å². The van der Waals surface area contributed by atoms with Crippen molar-refractivity contribution in [2.45, 2.75) is 37.0 Å². The summed E-state index contributed by atoms with van der Waals surface area (Å²) in [7, 11) is -7.14. The minimum atomic E-state index is -3.63. The third-order valence-electron chi connectivity index (χ3n) is 5.80. The Hall–Kier alpha value is -2.05. The number of sulfone groups is 2. The van der Waals surface area contributed by atoms with E-state index in [-0.39, 0.29) is 40.3 Å². The molecule has 3 rings (SSSR count). The molecule has 0 aliphatic rings. The maximum atomic E-state index is 13.3. The molecule has 0 N–H and O–H groups in total. The van der Waals surface area contributed by atoms with Crippen molar-refractivity contribution in [3.8, 4) is 0 Å². The molecule has 1 aromatic heterocycles. The highest BCUT2D eigenvalue weighted by Crippen LogP contribution is 2.33. The number of amides is 1. The van der Waals surface area contributed by atoms with E-state index in [9.17, 15) is 21.6 Å². The summed E-state index contributed by atoms with van der Waals surface area (Å²) >= 11 is 1.22. The first kappa shape index (κ1) is 30.2. The van der Waals surface area contributed by atoms with Crippen molar-refractivity contribution >= 4 is 64.7 Å². The van der Waals surface area contributed by atoms with E-state index in [2.05, 4.69) is 9.88 Å². The van der Waals surface area contributed by atoms with E-state index < -0.39 is 19.7 Å². The SMILES string of the molecule is CCN(CC)CCN(C(=O)CCS(=O)(=O)c1ccc(C)cc1)c1nc2c(S(C)(=O)=O)cccc2s1.Cl. The van der Waals surface area contributed by atoms with Crippen LogP contribution in [0.2, 0.25) is 0 Å². The highest BCUT2D eigenvalue weighted by Gasteiger charge is 2.25. The number of benzene rings is 2. The summed E-state index contributed by atoms with van der Waals surface area (Å²) in [6.07, 6.45) is 0.920. The number of anilines is 1. The number of thiazole rings is 1. The molecule has 12 heteroatoms. The number of rotatable bonds is 11. The third-order valence-corrected chi connectivity index (χ3v) is 9.71. The second kappa shape index (κ2) is 12.5. The first-order valence-corrected chi connectivity index (χ1v) is 15.7. The van der Waals surface area contributed by atoms with Crippen molar-refractivity contribution in [3.63, 3.8) is 0 Å². The fourth-order valence-electron chi connectivity index (χ4n) is 3.65. The van der Waals surface area contributed by atoms with Crippen LogP contribution in [-0.2, 0) is 24.5 Å². The van der Waals surface area contributed by atoms with Crippen molar-refractivity contribution in [1.29, 1.82) is 0 Å². The van der Waals surface area contributed by atoms with Gasteiger partial charge < -0.3 is 4.90 Å².